The van der Waals surface area contributed by atoms with Crippen molar-refractivity contribution in [1.82, 2.24) is 9.80 Å². The van der Waals surface area contributed by atoms with E-state index in [2.05, 4.69) is 15.7 Å². The minimum Gasteiger partial charge on any atom is -0.453 e. The molecule has 1 rings (SSSR count). The highest BCUT2D eigenvalue weighted by Gasteiger charge is 2.23. The third kappa shape index (κ3) is 2.36. The van der Waals surface area contributed by atoms with Gasteiger partial charge in [-0.15, -0.1) is 0 Å². The van der Waals surface area contributed by atoms with Crippen LogP contribution >= 0.6 is 0 Å². The molecule has 78 valence electrons. The van der Waals surface area contributed by atoms with Crippen LogP contribution in [-0.4, -0.2) is 55.2 Å². The highest BCUT2D eigenvalue weighted by atomic mass is 16.5. The average molecular weight is 197 g/mol. The van der Waals surface area contributed by atoms with E-state index in [4.69, 9.17) is 5.26 Å². The predicted octanol–water partition coefficient (Wildman–Crippen LogP) is 0.282. The van der Waals surface area contributed by atoms with E-state index in [0.29, 0.717) is 13.1 Å². The molecule has 0 aromatic heterocycles. The molecule has 0 bridgehead atoms. The van der Waals surface area contributed by atoms with Crippen LogP contribution in [0.1, 0.15) is 6.92 Å². The third-order valence-corrected chi connectivity index (χ3v) is 2.48. The highest BCUT2D eigenvalue weighted by molar-refractivity contribution is 5.67. The van der Waals surface area contributed by atoms with Crippen molar-refractivity contribution in [3.63, 3.8) is 0 Å². The second-order valence-corrected chi connectivity index (χ2v) is 3.30. The Morgan fingerprint density at radius 3 is 2.43 bits per heavy atom. The van der Waals surface area contributed by atoms with Gasteiger partial charge in [-0.05, 0) is 6.92 Å². The van der Waals surface area contributed by atoms with Crippen LogP contribution in [-0.2, 0) is 4.74 Å². The average Bonchev–Trinajstić information content (AvgIpc) is 2.27. The molecule has 5 nitrogen and oxygen atoms in total. The number of amides is 1. The first-order chi connectivity index (χ1) is 6.69. The SMILES string of the molecule is COC(=O)N1CCN(C(C)C#N)CC1. The summed E-state index contributed by atoms with van der Waals surface area (Å²) in [4.78, 5) is 14.8. The summed E-state index contributed by atoms with van der Waals surface area (Å²) < 4.78 is 4.62. The Morgan fingerprint density at radius 1 is 1.43 bits per heavy atom. The molecule has 1 aliphatic heterocycles. The van der Waals surface area contributed by atoms with Crippen LogP contribution in [0.25, 0.3) is 0 Å². The molecule has 0 aromatic carbocycles. The molecular formula is C9H15N3O2. The molecule has 0 N–H and O–H groups in total. The summed E-state index contributed by atoms with van der Waals surface area (Å²) in [5.74, 6) is 0. The number of ether oxygens (including phenoxy) is 1. The Kier molecular flexibility index (Phi) is 3.72. The molecule has 0 spiro atoms. The number of piperazine rings is 1. The third-order valence-electron chi connectivity index (χ3n) is 2.48. The summed E-state index contributed by atoms with van der Waals surface area (Å²) in [6.45, 7) is 4.62. The lowest BCUT2D eigenvalue weighted by atomic mass is 10.2. The molecule has 0 radical (unpaired) electrons. The lowest BCUT2D eigenvalue weighted by Gasteiger charge is -2.34. The van der Waals surface area contributed by atoms with E-state index >= 15 is 0 Å². The molecule has 0 saturated carbocycles. The molecule has 1 atom stereocenters. The van der Waals surface area contributed by atoms with Gasteiger partial charge in [0, 0.05) is 26.2 Å². The van der Waals surface area contributed by atoms with Crippen molar-refractivity contribution in [1.29, 1.82) is 5.26 Å². The van der Waals surface area contributed by atoms with Crippen molar-refractivity contribution in [2.24, 2.45) is 0 Å². The number of carbonyl (C=O) groups excluding carboxylic acids is 1. The largest absolute Gasteiger partial charge is 0.453 e. The maximum absolute atomic E-state index is 11.1. The molecule has 1 fully saturated rings. The van der Waals surface area contributed by atoms with Gasteiger partial charge in [0.1, 0.15) is 0 Å². The van der Waals surface area contributed by atoms with E-state index < -0.39 is 0 Å². The Morgan fingerprint density at radius 2 is 2.00 bits per heavy atom. The van der Waals surface area contributed by atoms with E-state index in [1.165, 1.54) is 7.11 Å². The number of nitriles is 1. The molecular weight excluding hydrogens is 182 g/mol. The Hall–Kier alpha value is -1.28. The molecule has 0 aliphatic carbocycles. The zero-order valence-corrected chi connectivity index (χ0v) is 8.56. The summed E-state index contributed by atoms with van der Waals surface area (Å²) in [5, 5.41) is 8.71. The van der Waals surface area contributed by atoms with Crippen molar-refractivity contribution in [2.45, 2.75) is 13.0 Å². The number of carbonyl (C=O) groups is 1. The monoisotopic (exact) mass is 197 g/mol. The number of hydrogen-bond donors (Lipinski definition) is 0. The second kappa shape index (κ2) is 4.82. The van der Waals surface area contributed by atoms with Gasteiger partial charge in [-0.1, -0.05) is 0 Å². The van der Waals surface area contributed by atoms with Gasteiger partial charge in [0.05, 0.1) is 19.2 Å². The van der Waals surface area contributed by atoms with Gasteiger partial charge in [-0.2, -0.15) is 5.26 Å². The van der Waals surface area contributed by atoms with Crippen LogP contribution in [0.3, 0.4) is 0 Å². The van der Waals surface area contributed by atoms with Crippen molar-refractivity contribution < 1.29 is 9.53 Å². The van der Waals surface area contributed by atoms with Gasteiger partial charge in [0.15, 0.2) is 0 Å². The summed E-state index contributed by atoms with van der Waals surface area (Å²) in [5.41, 5.74) is 0. The van der Waals surface area contributed by atoms with Crippen LogP contribution in [0.4, 0.5) is 4.79 Å². The van der Waals surface area contributed by atoms with E-state index in [1.54, 1.807) is 4.90 Å². The smallest absolute Gasteiger partial charge is 0.409 e. The predicted molar refractivity (Wildman–Crippen MR) is 50.6 cm³/mol. The van der Waals surface area contributed by atoms with E-state index in [0.717, 1.165) is 13.1 Å². The van der Waals surface area contributed by atoms with Crippen LogP contribution in [0, 0.1) is 11.3 Å². The minimum absolute atomic E-state index is 0.0743. The van der Waals surface area contributed by atoms with Crippen molar-refractivity contribution in [3.05, 3.63) is 0 Å². The fourth-order valence-corrected chi connectivity index (χ4v) is 1.50. The van der Waals surface area contributed by atoms with Crippen LogP contribution in [0.5, 0.6) is 0 Å². The lowest BCUT2D eigenvalue weighted by molar-refractivity contribution is 0.0857. The second-order valence-electron chi connectivity index (χ2n) is 3.30. The quantitative estimate of drug-likeness (QED) is 0.606. The van der Waals surface area contributed by atoms with Crippen LogP contribution in [0.2, 0.25) is 0 Å². The van der Waals surface area contributed by atoms with Gasteiger partial charge >= 0.3 is 6.09 Å². The van der Waals surface area contributed by atoms with Gasteiger partial charge < -0.3 is 9.64 Å². The summed E-state index contributed by atoms with van der Waals surface area (Å²) in [6, 6.07) is 2.11. The van der Waals surface area contributed by atoms with Crippen molar-refractivity contribution in [2.75, 3.05) is 33.3 Å². The maximum Gasteiger partial charge on any atom is 0.409 e. The lowest BCUT2D eigenvalue weighted by Crippen LogP contribution is -2.51. The Bertz CT molecular complexity index is 241. The number of methoxy groups -OCH3 is 1. The fraction of sp³-hybridized carbons (Fsp3) is 0.778. The summed E-state index contributed by atoms with van der Waals surface area (Å²) >= 11 is 0. The van der Waals surface area contributed by atoms with E-state index in [-0.39, 0.29) is 12.1 Å². The van der Waals surface area contributed by atoms with Crippen molar-refractivity contribution in [3.8, 4) is 6.07 Å². The molecule has 1 aliphatic rings. The van der Waals surface area contributed by atoms with E-state index in [9.17, 15) is 4.79 Å². The summed E-state index contributed by atoms with van der Waals surface area (Å²) in [6.07, 6.45) is -0.283. The molecule has 5 heteroatoms. The number of nitrogens with zero attached hydrogens (tertiary/aromatic N) is 3. The normalized spacial score (nSPS) is 19.9. The zero-order valence-electron chi connectivity index (χ0n) is 8.56. The first-order valence-corrected chi connectivity index (χ1v) is 4.65. The molecule has 1 saturated heterocycles. The van der Waals surface area contributed by atoms with Crippen LogP contribution < -0.4 is 0 Å². The number of hydrogen-bond acceptors (Lipinski definition) is 4. The van der Waals surface area contributed by atoms with Gasteiger partial charge in [0.25, 0.3) is 0 Å². The fourth-order valence-electron chi connectivity index (χ4n) is 1.50. The standard InChI is InChI=1S/C9H15N3O2/c1-8(7-10)11-3-5-12(6-4-11)9(13)14-2/h8H,3-6H2,1-2H3. The highest BCUT2D eigenvalue weighted by Crippen LogP contribution is 2.06. The first-order valence-electron chi connectivity index (χ1n) is 4.65. The summed E-state index contributed by atoms with van der Waals surface area (Å²) in [7, 11) is 1.38. The molecule has 1 heterocycles. The molecule has 14 heavy (non-hydrogen) atoms. The van der Waals surface area contributed by atoms with Crippen LogP contribution in [0.15, 0.2) is 0 Å². The van der Waals surface area contributed by atoms with Gasteiger partial charge in [-0.25, -0.2) is 4.79 Å². The number of rotatable bonds is 1. The van der Waals surface area contributed by atoms with Crippen molar-refractivity contribution >= 4 is 6.09 Å². The van der Waals surface area contributed by atoms with Gasteiger partial charge in [-0.3, -0.25) is 4.90 Å². The Balaban J connectivity index is 2.39. The molecule has 1 unspecified atom stereocenters. The Labute approximate surface area is 83.8 Å². The van der Waals surface area contributed by atoms with Gasteiger partial charge in [0.2, 0.25) is 0 Å². The first kappa shape index (κ1) is 10.8. The maximum atomic E-state index is 11.1. The zero-order chi connectivity index (χ0) is 10.6. The molecule has 0 aromatic rings. The topological polar surface area (TPSA) is 56.6 Å². The molecule has 1 amide bonds. The minimum atomic E-state index is -0.283. The van der Waals surface area contributed by atoms with E-state index in [1.807, 2.05) is 6.92 Å².